The Kier molecular flexibility index (Phi) is 3.59. The third-order valence-corrected chi connectivity index (χ3v) is 7.50. The minimum atomic E-state index is -0.108. The molecule has 1 aliphatic carbocycles. The van der Waals surface area contributed by atoms with E-state index in [9.17, 15) is 0 Å². The standard InChI is InChI=1S/C30H20BNO2/c1-5-13-24-20(9-1)21-10-2-6-14-25(21)32(24)19-17-28-30-29(18-19)34-27-16-8-4-12-23(27)31(30)22-11-3-7-15-26(22)33-28/h1-18,28,30H. The first-order chi connectivity index (χ1) is 16.9. The molecule has 0 saturated heterocycles. The van der Waals surface area contributed by atoms with Crippen LogP contribution in [0.1, 0.15) is 0 Å². The number of aromatic nitrogens is 1. The number of rotatable bonds is 1. The fourth-order valence-corrected chi connectivity index (χ4v) is 6.13. The summed E-state index contributed by atoms with van der Waals surface area (Å²) in [5.41, 5.74) is 5.94. The molecule has 160 valence electrons. The maximum Gasteiger partial charge on any atom is 0.234 e. The van der Waals surface area contributed by atoms with E-state index in [0.717, 1.165) is 23.0 Å². The van der Waals surface area contributed by atoms with Crippen molar-refractivity contribution in [2.75, 3.05) is 0 Å². The minimum Gasteiger partial charge on any atom is -0.487 e. The van der Waals surface area contributed by atoms with Gasteiger partial charge in [-0.1, -0.05) is 72.8 Å². The van der Waals surface area contributed by atoms with Crippen molar-refractivity contribution in [3.63, 3.8) is 0 Å². The molecule has 34 heavy (non-hydrogen) atoms. The smallest absolute Gasteiger partial charge is 0.234 e. The minimum absolute atomic E-state index is 0.108. The largest absolute Gasteiger partial charge is 0.487 e. The van der Waals surface area contributed by atoms with Gasteiger partial charge in [0.05, 0.1) is 11.0 Å². The van der Waals surface area contributed by atoms with Gasteiger partial charge in [-0.3, -0.25) is 0 Å². The molecule has 0 saturated carbocycles. The molecule has 0 amide bonds. The van der Waals surface area contributed by atoms with Crippen molar-refractivity contribution in [1.82, 2.24) is 4.57 Å². The maximum atomic E-state index is 6.63. The van der Waals surface area contributed by atoms with Crippen LogP contribution in [0.5, 0.6) is 11.5 Å². The number of ether oxygens (including phenoxy) is 2. The molecule has 1 aromatic heterocycles. The number of para-hydroxylation sites is 4. The highest BCUT2D eigenvalue weighted by atomic mass is 16.5. The van der Waals surface area contributed by atoms with E-state index in [0.29, 0.717) is 0 Å². The van der Waals surface area contributed by atoms with E-state index in [1.165, 1.54) is 32.7 Å². The van der Waals surface area contributed by atoms with E-state index in [1.54, 1.807) is 0 Å². The summed E-state index contributed by atoms with van der Waals surface area (Å²) in [6.45, 7) is 0.210. The molecule has 3 nitrogen and oxygen atoms in total. The van der Waals surface area contributed by atoms with E-state index >= 15 is 0 Å². The number of nitrogens with zero attached hydrogens (tertiary/aromatic N) is 1. The Labute approximate surface area is 197 Å². The van der Waals surface area contributed by atoms with Crippen LogP contribution < -0.4 is 20.4 Å². The number of fused-ring (bicyclic) bond motifs is 7. The Morgan fingerprint density at radius 3 is 1.97 bits per heavy atom. The quantitative estimate of drug-likeness (QED) is 0.330. The zero-order chi connectivity index (χ0) is 22.2. The maximum absolute atomic E-state index is 6.63. The molecule has 0 N–H and O–H groups in total. The lowest BCUT2D eigenvalue weighted by molar-refractivity contribution is 0.219. The van der Waals surface area contributed by atoms with Crippen molar-refractivity contribution in [2.24, 2.45) is 0 Å². The van der Waals surface area contributed by atoms with E-state index < -0.39 is 0 Å². The van der Waals surface area contributed by atoms with Gasteiger partial charge in [-0.2, -0.15) is 0 Å². The van der Waals surface area contributed by atoms with Crippen molar-refractivity contribution in [2.45, 2.75) is 11.9 Å². The van der Waals surface area contributed by atoms with Crippen LogP contribution in [0.2, 0.25) is 5.82 Å². The number of hydrogen-bond donors (Lipinski definition) is 0. The van der Waals surface area contributed by atoms with Gasteiger partial charge >= 0.3 is 0 Å². The second-order valence-corrected chi connectivity index (χ2v) is 9.27. The van der Waals surface area contributed by atoms with Crippen molar-refractivity contribution in [3.05, 3.63) is 115 Å². The summed E-state index contributed by atoms with van der Waals surface area (Å²) in [5.74, 6) is 2.99. The van der Waals surface area contributed by atoms with Crippen molar-refractivity contribution >= 4 is 45.1 Å². The van der Waals surface area contributed by atoms with Crippen LogP contribution >= 0.6 is 0 Å². The van der Waals surface area contributed by atoms with E-state index in [2.05, 4.69) is 114 Å². The Morgan fingerprint density at radius 1 is 0.647 bits per heavy atom. The average molecular weight is 437 g/mol. The van der Waals surface area contributed by atoms with Gasteiger partial charge in [0.15, 0.2) is 0 Å². The summed E-state index contributed by atoms with van der Waals surface area (Å²) in [5, 5.41) is 2.50. The number of allylic oxidation sites excluding steroid dienone is 2. The monoisotopic (exact) mass is 437 g/mol. The molecule has 0 bridgehead atoms. The van der Waals surface area contributed by atoms with Gasteiger partial charge in [0.1, 0.15) is 23.4 Å². The van der Waals surface area contributed by atoms with Gasteiger partial charge in [-0.25, -0.2) is 0 Å². The predicted molar refractivity (Wildman–Crippen MR) is 138 cm³/mol. The first-order valence-electron chi connectivity index (χ1n) is 11.8. The first kappa shape index (κ1) is 18.3. The van der Waals surface area contributed by atoms with Crippen LogP contribution in [0.15, 0.2) is 115 Å². The highest BCUT2D eigenvalue weighted by molar-refractivity contribution is 6.88. The van der Waals surface area contributed by atoms with E-state index in [4.69, 9.17) is 9.47 Å². The van der Waals surface area contributed by atoms with Gasteiger partial charge in [-0.05, 0) is 41.3 Å². The van der Waals surface area contributed by atoms with E-state index in [-0.39, 0.29) is 18.6 Å². The molecule has 2 unspecified atom stereocenters. The zero-order valence-electron chi connectivity index (χ0n) is 18.4. The summed E-state index contributed by atoms with van der Waals surface area (Å²) < 4.78 is 15.5. The van der Waals surface area contributed by atoms with E-state index in [1.807, 2.05) is 0 Å². The molecule has 4 aromatic carbocycles. The average Bonchev–Trinajstić information content (AvgIpc) is 3.23. The highest BCUT2D eigenvalue weighted by Gasteiger charge is 2.49. The zero-order valence-corrected chi connectivity index (χ0v) is 18.4. The summed E-state index contributed by atoms with van der Waals surface area (Å²) in [4.78, 5) is 0. The molecule has 3 heterocycles. The summed E-state index contributed by atoms with van der Waals surface area (Å²) in [6, 6.07) is 34.1. The molecule has 5 aromatic rings. The Bertz CT molecular complexity index is 1640. The summed E-state index contributed by atoms with van der Waals surface area (Å²) in [6.07, 6.45) is 4.40. The SMILES string of the molecule is C1=C2Oc3ccccc3B3c4ccccc4OC(C=C1n1c4ccccc4c4ccccc41)C32. The van der Waals surface area contributed by atoms with Crippen molar-refractivity contribution in [1.29, 1.82) is 0 Å². The summed E-state index contributed by atoms with van der Waals surface area (Å²) in [7, 11) is 0. The number of benzene rings is 4. The van der Waals surface area contributed by atoms with Crippen molar-refractivity contribution in [3.8, 4) is 11.5 Å². The van der Waals surface area contributed by atoms with Gasteiger partial charge < -0.3 is 14.0 Å². The molecule has 0 fully saturated rings. The first-order valence-corrected chi connectivity index (χ1v) is 11.8. The topological polar surface area (TPSA) is 23.4 Å². The molecule has 2 aliphatic heterocycles. The van der Waals surface area contributed by atoms with Crippen LogP contribution in [0, 0.1) is 0 Å². The lowest BCUT2D eigenvalue weighted by Crippen LogP contribution is -2.58. The lowest BCUT2D eigenvalue weighted by atomic mass is 9.30. The lowest BCUT2D eigenvalue weighted by Gasteiger charge is -2.43. The second kappa shape index (κ2) is 6.67. The van der Waals surface area contributed by atoms with Crippen molar-refractivity contribution < 1.29 is 9.47 Å². The number of hydrogen-bond acceptors (Lipinski definition) is 2. The van der Waals surface area contributed by atoms with Crippen LogP contribution in [0.25, 0.3) is 27.5 Å². The molecule has 8 rings (SSSR count). The fraction of sp³-hybridized carbons (Fsp3) is 0.0667. The molecule has 2 atom stereocenters. The summed E-state index contributed by atoms with van der Waals surface area (Å²) >= 11 is 0. The van der Waals surface area contributed by atoms with Crippen LogP contribution in [0.4, 0.5) is 0 Å². The predicted octanol–water partition coefficient (Wildman–Crippen LogP) is 5.37. The fourth-order valence-electron chi connectivity index (χ4n) is 6.13. The Balaban J connectivity index is 1.40. The Morgan fingerprint density at radius 2 is 1.24 bits per heavy atom. The van der Waals surface area contributed by atoms with Crippen LogP contribution in [-0.4, -0.2) is 17.4 Å². The van der Waals surface area contributed by atoms with Crippen LogP contribution in [-0.2, 0) is 0 Å². The van der Waals surface area contributed by atoms with Crippen LogP contribution in [0.3, 0.4) is 0 Å². The second-order valence-electron chi connectivity index (χ2n) is 9.27. The van der Waals surface area contributed by atoms with Gasteiger partial charge in [-0.15, -0.1) is 0 Å². The normalized spacial score (nSPS) is 19.9. The van der Waals surface area contributed by atoms with Gasteiger partial charge in [0, 0.05) is 28.4 Å². The Hall–Kier alpha value is -4.18. The molecule has 3 aliphatic rings. The van der Waals surface area contributed by atoms with Gasteiger partial charge in [0.25, 0.3) is 0 Å². The molecule has 4 heteroatoms. The highest BCUT2D eigenvalue weighted by Crippen LogP contribution is 2.44. The molecule has 0 spiro atoms. The third kappa shape index (κ3) is 2.37. The third-order valence-electron chi connectivity index (χ3n) is 7.50. The van der Waals surface area contributed by atoms with Gasteiger partial charge in [0.2, 0.25) is 6.71 Å². The molecule has 0 radical (unpaired) electrons. The molecular formula is C30H20BNO2. The molecular weight excluding hydrogens is 417 g/mol.